The third-order valence-electron chi connectivity index (χ3n) is 3.23. The number of benzene rings is 1. The number of hydrogen-bond donors (Lipinski definition) is 1. The van der Waals surface area contributed by atoms with E-state index in [1.807, 2.05) is 49.5 Å². The van der Waals surface area contributed by atoms with Crippen molar-refractivity contribution in [2.75, 3.05) is 0 Å². The van der Waals surface area contributed by atoms with Crippen LogP contribution in [0, 0.1) is 0 Å². The number of carbonyl (C=O) groups is 1. The predicted octanol–water partition coefficient (Wildman–Crippen LogP) is 3.73. The lowest BCUT2D eigenvalue weighted by Gasteiger charge is -2.02. The fourth-order valence-electron chi connectivity index (χ4n) is 2.13. The average molecular weight is 332 g/mol. The summed E-state index contributed by atoms with van der Waals surface area (Å²) >= 11 is 7.42. The monoisotopic (exact) mass is 331 g/mol. The fraction of sp³-hybridized carbons (Fsp3) is 0.125. The summed E-state index contributed by atoms with van der Waals surface area (Å²) in [4.78, 5) is 13.2. The highest BCUT2D eigenvalue weighted by Gasteiger charge is 2.14. The maximum Gasteiger partial charge on any atom is 0.272 e. The first-order chi connectivity index (χ1) is 10.6. The maximum atomic E-state index is 12.2. The number of thiophene rings is 1. The van der Waals surface area contributed by atoms with Crippen molar-refractivity contribution in [2.45, 2.75) is 6.54 Å². The molecule has 0 fully saturated rings. The van der Waals surface area contributed by atoms with E-state index in [2.05, 4.69) is 10.4 Å². The molecular formula is C16H14ClN3OS. The van der Waals surface area contributed by atoms with Crippen LogP contribution in [-0.2, 0) is 13.6 Å². The highest BCUT2D eigenvalue weighted by atomic mass is 35.5. The average Bonchev–Trinajstić information content (AvgIpc) is 3.11. The zero-order chi connectivity index (χ0) is 15.5. The quantitative estimate of drug-likeness (QED) is 0.791. The lowest BCUT2D eigenvalue weighted by atomic mass is 10.2. The highest BCUT2D eigenvalue weighted by molar-refractivity contribution is 7.19. The van der Waals surface area contributed by atoms with Gasteiger partial charge in [0.1, 0.15) is 0 Å². The van der Waals surface area contributed by atoms with E-state index >= 15 is 0 Å². The number of amides is 1. The second kappa shape index (κ2) is 6.34. The van der Waals surface area contributed by atoms with Crippen LogP contribution < -0.4 is 5.32 Å². The molecule has 0 unspecified atom stereocenters. The molecule has 112 valence electrons. The van der Waals surface area contributed by atoms with Crippen molar-refractivity contribution in [3.63, 3.8) is 0 Å². The number of hydrogen-bond acceptors (Lipinski definition) is 3. The van der Waals surface area contributed by atoms with E-state index < -0.39 is 0 Å². The Kier molecular flexibility index (Phi) is 4.27. The largest absolute Gasteiger partial charge is 0.347 e. The van der Waals surface area contributed by atoms with E-state index in [1.54, 1.807) is 10.7 Å². The van der Waals surface area contributed by atoms with Crippen LogP contribution in [0.25, 0.3) is 10.6 Å². The summed E-state index contributed by atoms with van der Waals surface area (Å²) in [5, 5.41) is 7.15. The molecular weight excluding hydrogens is 318 g/mol. The van der Waals surface area contributed by atoms with Gasteiger partial charge in [-0.15, -0.1) is 11.3 Å². The van der Waals surface area contributed by atoms with Gasteiger partial charge in [0.05, 0.1) is 14.9 Å². The fourth-order valence-corrected chi connectivity index (χ4v) is 3.22. The van der Waals surface area contributed by atoms with Crippen molar-refractivity contribution in [3.8, 4) is 10.6 Å². The Morgan fingerprint density at radius 2 is 2.05 bits per heavy atom. The van der Waals surface area contributed by atoms with E-state index in [0.29, 0.717) is 16.6 Å². The first-order valence-corrected chi connectivity index (χ1v) is 7.95. The molecule has 3 rings (SSSR count). The van der Waals surface area contributed by atoms with Crippen molar-refractivity contribution >= 4 is 28.8 Å². The van der Waals surface area contributed by atoms with Gasteiger partial charge in [0.2, 0.25) is 0 Å². The summed E-state index contributed by atoms with van der Waals surface area (Å²) in [6.07, 6.45) is 0. The maximum absolute atomic E-state index is 12.2. The second-order valence-electron chi connectivity index (χ2n) is 4.81. The topological polar surface area (TPSA) is 46.9 Å². The summed E-state index contributed by atoms with van der Waals surface area (Å²) < 4.78 is 2.41. The van der Waals surface area contributed by atoms with Crippen LogP contribution in [0.4, 0.5) is 0 Å². The standard InChI is InChI=1S/C16H14ClN3OS/c1-20-13(14-7-8-15(17)22-14)9-12(19-20)16(21)18-10-11-5-3-2-4-6-11/h2-9H,10H2,1H3,(H,18,21). The lowest BCUT2D eigenvalue weighted by Crippen LogP contribution is -2.23. The molecule has 4 nitrogen and oxygen atoms in total. The summed E-state index contributed by atoms with van der Waals surface area (Å²) in [7, 11) is 1.82. The van der Waals surface area contributed by atoms with E-state index in [1.165, 1.54) is 11.3 Å². The van der Waals surface area contributed by atoms with Gasteiger partial charge in [-0.2, -0.15) is 5.10 Å². The molecule has 1 N–H and O–H groups in total. The summed E-state index contributed by atoms with van der Waals surface area (Å²) in [6.45, 7) is 0.483. The summed E-state index contributed by atoms with van der Waals surface area (Å²) in [5.41, 5.74) is 2.33. The zero-order valence-electron chi connectivity index (χ0n) is 11.9. The smallest absolute Gasteiger partial charge is 0.272 e. The number of rotatable bonds is 4. The first-order valence-electron chi connectivity index (χ1n) is 6.75. The molecule has 0 aliphatic carbocycles. The summed E-state index contributed by atoms with van der Waals surface area (Å²) in [5.74, 6) is -0.187. The zero-order valence-corrected chi connectivity index (χ0v) is 13.5. The van der Waals surface area contributed by atoms with Crippen molar-refractivity contribution in [1.29, 1.82) is 0 Å². The summed E-state index contributed by atoms with van der Waals surface area (Å²) in [6, 6.07) is 15.3. The van der Waals surface area contributed by atoms with Crippen LogP contribution in [0.5, 0.6) is 0 Å². The van der Waals surface area contributed by atoms with Crippen LogP contribution in [0.2, 0.25) is 4.34 Å². The Labute approximate surface area is 137 Å². The minimum Gasteiger partial charge on any atom is -0.347 e. The van der Waals surface area contributed by atoms with Crippen molar-refractivity contribution in [2.24, 2.45) is 7.05 Å². The van der Waals surface area contributed by atoms with Gasteiger partial charge >= 0.3 is 0 Å². The van der Waals surface area contributed by atoms with E-state index in [0.717, 1.165) is 16.1 Å². The predicted molar refractivity (Wildman–Crippen MR) is 89.1 cm³/mol. The number of nitrogens with one attached hydrogen (secondary N) is 1. The molecule has 22 heavy (non-hydrogen) atoms. The molecule has 2 aromatic heterocycles. The minimum atomic E-state index is -0.187. The number of aromatic nitrogens is 2. The molecule has 0 atom stereocenters. The van der Waals surface area contributed by atoms with E-state index in [9.17, 15) is 4.79 Å². The van der Waals surface area contributed by atoms with Crippen LogP contribution in [0.15, 0.2) is 48.5 Å². The lowest BCUT2D eigenvalue weighted by molar-refractivity contribution is 0.0945. The molecule has 0 aliphatic rings. The second-order valence-corrected chi connectivity index (χ2v) is 6.53. The Morgan fingerprint density at radius 1 is 1.27 bits per heavy atom. The molecule has 0 spiro atoms. The van der Waals surface area contributed by atoms with Gasteiger partial charge < -0.3 is 5.32 Å². The van der Waals surface area contributed by atoms with Gasteiger partial charge in [0.15, 0.2) is 5.69 Å². The van der Waals surface area contributed by atoms with Crippen LogP contribution >= 0.6 is 22.9 Å². The van der Waals surface area contributed by atoms with E-state index in [4.69, 9.17) is 11.6 Å². The normalized spacial score (nSPS) is 10.6. The molecule has 0 radical (unpaired) electrons. The Hall–Kier alpha value is -2.11. The SMILES string of the molecule is Cn1nc(C(=O)NCc2ccccc2)cc1-c1ccc(Cl)s1. The van der Waals surface area contributed by atoms with Gasteiger partial charge in [-0.1, -0.05) is 41.9 Å². The Balaban J connectivity index is 1.74. The molecule has 1 aromatic carbocycles. The van der Waals surface area contributed by atoms with Gasteiger partial charge in [0, 0.05) is 13.6 Å². The van der Waals surface area contributed by atoms with Gasteiger partial charge in [-0.3, -0.25) is 9.48 Å². The molecule has 0 bridgehead atoms. The van der Waals surface area contributed by atoms with Crippen molar-refractivity contribution < 1.29 is 4.79 Å². The van der Waals surface area contributed by atoms with Crippen molar-refractivity contribution in [1.82, 2.24) is 15.1 Å². The Bertz CT molecular complexity index is 795. The number of halogens is 1. The third-order valence-corrected chi connectivity index (χ3v) is 4.49. The number of aryl methyl sites for hydroxylation is 1. The molecule has 6 heteroatoms. The molecule has 2 heterocycles. The highest BCUT2D eigenvalue weighted by Crippen LogP contribution is 2.31. The van der Waals surface area contributed by atoms with Crippen LogP contribution in [0.3, 0.4) is 0 Å². The van der Waals surface area contributed by atoms with Crippen LogP contribution in [0.1, 0.15) is 16.1 Å². The van der Waals surface area contributed by atoms with E-state index in [-0.39, 0.29) is 5.91 Å². The minimum absolute atomic E-state index is 0.187. The Morgan fingerprint density at radius 3 is 2.73 bits per heavy atom. The number of nitrogens with zero attached hydrogens (tertiary/aromatic N) is 2. The molecule has 3 aromatic rings. The van der Waals surface area contributed by atoms with Gasteiger partial charge in [0.25, 0.3) is 5.91 Å². The first kappa shape index (κ1) is 14.8. The van der Waals surface area contributed by atoms with Crippen LogP contribution in [-0.4, -0.2) is 15.7 Å². The molecule has 0 aliphatic heterocycles. The van der Waals surface area contributed by atoms with Gasteiger partial charge in [-0.25, -0.2) is 0 Å². The molecule has 0 saturated heterocycles. The molecule has 0 saturated carbocycles. The van der Waals surface area contributed by atoms with Crippen molar-refractivity contribution in [3.05, 3.63) is 64.1 Å². The number of carbonyl (C=O) groups excluding carboxylic acids is 1. The molecule has 1 amide bonds. The third kappa shape index (κ3) is 3.21. The van der Waals surface area contributed by atoms with Gasteiger partial charge in [-0.05, 0) is 23.8 Å².